The minimum atomic E-state index is 0.801. The van der Waals surface area contributed by atoms with Crippen LogP contribution in [0, 0.1) is 13.8 Å². The fourth-order valence-electron chi connectivity index (χ4n) is 2.06. The second kappa shape index (κ2) is 4.50. The highest BCUT2D eigenvalue weighted by molar-refractivity contribution is 5.72. The summed E-state index contributed by atoms with van der Waals surface area (Å²) in [5, 5.41) is 0. The summed E-state index contributed by atoms with van der Waals surface area (Å²) in [5.74, 6) is 0.881. The quantitative estimate of drug-likeness (QED) is 0.796. The Hall–Kier alpha value is -1.96. The molecule has 17 heavy (non-hydrogen) atoms. The third-order valence-corrected chi connectivity index (χ3v) is 2.84. The van der Waals surface area contributed by atoms with Gasteiger partial charge in [0.05, 0.1) is 7.11 Å². The van der Waals surface area contributed by atoms with Crippen molar-refractivity contribution in [1.82, 2.24) is 0 Å². The standard InChI is InChI=1S/C15H17NO/c1-10-6-12(9-13(16)7-10)15-5-4-14(17-3)8-11(15)2/h4-9H,16H2,1-3H3. The lowest BCUT2D eigenvalue weighted by molar-refractivity contribution is 0.414. The van der Waals surface area contributed by atoms with E-state index >= 15 is 0 Å². The Balaban J connectivity index is 2.52. The number of anilines is 1. The van der Waals surface area contributed by atoms with Crippen LogP contribution in [-0.4, -0.2) is 7.11 Å². The maximum Gasteiger partial charge on any atom is 0.119 e. The van der Waals surface area contributed by atoms with Crippen LogP contribution in [0.2, 0.25) is 0 Å². The molecule has 0 unspecified atom stereocenters. The second-order valence-corrected chi connectivity index (χ2v) is 4.31. The molecule has 0 aliphatic rings. The highest BCUT2D eigenvalue weighted by Crippen LogP contribution is 2.28. The molecule has 2 aromatic rings. The summed E-state index contributed by atoms with van der Waals surface area (Å²) in [6.45, 7) is 4.13. The van der Waals surface area contributed by atoms with Gasteiger partial charge in [0.25, 0.3) is 0 Å². The van der Waals surface area contributed by atoms with E-state index in [0.717, 1.165) is 17.0 Å². The molecule has 0 saturated carbocycles. The minimum absolute atomic E-state index is 0.801. The molecule has 0 amide bonds. The molecule has 0 aromatic heterocycles. The highest BCUT2D eigenvalue weighted by atomic mass is 16.5. The van der Waals surface area contributed by atoms with Gasteiger partial charge in [-0.2, -0.15) is 0 Å². The van der Waals surface area contributed by atoms with Gasteiger partial charge in [0.1, 0.15) is 5.75 Å². The van der Waals surface area contributed by atoms with Crippen molar-refractivity contribution in [3.05, 3.63) is 47.5 Å². The molecule has 2 rings (SSSR count). The smallest absolute Gasteiger partial charge is 0.119 e. The Morgan fingerprint density at radius 3 is 2.35 bits per heavy atom. The van der Waals surface area contributed by atoms with E-state index < -0.39 is 0 Å². The van der Waals surface area contributed by atoms with Crippen LogP contribution in [0.15, 0.2) is 36.4 Å². The lowest BCUT2D eigenvalue weighted by Crippen LogP contribution is -1.90. The van der Waals surface area contributed by atoms with E-state index in [0.29, 0.717) is 0 Å². The first-order valence-corrected chi connectivity index (χ1v) is 5.62. The molecule has 2 nitrogen and oxygen atoms in total. The summed E-state index contributed by atoms with van der Waals surface area (Å²) < 4.78 is 5.21. The van der Waals surface area contributed by atoms with E-state index in [4.69, 9.17) is 10.5 Å². The maximum atomic E-state index is 5.88. The van der Waals surface area contributed by atoms with Gasteiger partial charge in [0, 0.05) is 5.69 Å². The van der Waals surface area contributed by atoms with Gasteiger partial charge in [-0.05, 0) is 60.4 Å². The van der Waals surface area contributed by atoms with Gasteiger partial charge in [-0.1, -0.05) is 12.1 Å². The summed E-state index contributed by atoms with van der Waals surface area (Å²) in [6, 6.07) is 12.2. The number of hydrogen-bond acceptors (Lipinski definition) is 2. The average Bonchev–Trinajstić information content (AvgIpc) is 2.27. The van der Waals surface area contributed by atoms with E-state index in [-0.39, 0.29) is 0 Å². The first kappa shape index (κ1) is 11.5. The van der Waals surface area contributed by atoms with Crippen LogP contribution in [0.4, 0.5) is 5.69 Å². The van der Waals surface area contributed by atoms with Crippen LogP contribution in [-0.2, 0) is 0 Å². The molecule has 0 radical (unpaired) electrons. The highest BCUT2D eigenvalue weighted by Gasteiger charge is 2.04. The van der Waals surface area contributed by atoms with Gasteiger partial charge in [0.15, 0.2) is 0 Å². The van der Waals surface area contributed by atoms with Crippen molar-refractivity contribution in [3.63, 3.8) is 0 Å². The molecular formula is C15H17NO. The van der Waals surface area contributed by atoms with Crippen LogP contribution >= 0.6 is 0 Å². The van der Waals surface area contributed by atoms with Gasteiger partial charge in [-0.15, -0.1) is 0 Å². The van der Waals surface area contributed by atoms with Gasteiger partial charge >= 0.3 is 0 Å². The first-order chi connectivity index (χ1) is 8.10. The Morgan fingerprint density at radius 1 is 1.00 bits per heavy atom. The van der Waals surface area contributed by atoms with Crippen molar-refractivity contribution in [2.75, 3.05) is 12.8 Å². The van der Waals surface area contributed by atoms with Crippen molar-refractivity contribution in [3.8, 4) is 16.9 Å². The van der Waals surface area contributed by atoms with Crippen LogP contribution in [0.5, 0.6) is 5.75 Å². The Bertz CT molecular complexity index is 526. The largest absolute Gasteiger partial charge is 0.497 e. The van der Waals surface area contributed by atoms with E-state index in [1.54, 1.807) is 7.11 Å². The fraction of sp³-hybridized carbons (Fsp3) is 0.200. The van der Waals surface area contributed by atoms with E-state index in [1.165, 1.54) is 16.7 Å². The number of rotatable bonds is 2. The Labute approximate surface area is 102 Å². The SMILES string of the molecule is COc1ccc(-c2cc(C)cc(N)c2)c(C)c1. The number of methoxy groups -OCH3 is 1. The molecule has 0 saturated heterocycles. The third-order valence-electron chi connectivity index (χ3n) is 2.84. The predicted octanol–water partition coefficient (Wildman–Crippen LogP) is 3.56. The molecule has 0 heterocycles. The topological polar surface area (TPSA) is 35.2 Å². The zero-order valence-electron chi connectivity index (χ0n) is 10.4. The zero-order valence-corrected chi connectivity index (χ0v) is 10.4. The van der Waals surface area contributed by atoms with Crippen molar-refractivity contribution >= 4 is 5.69 Å². The predicted molar refractivity (Wildman–Crippen MR) is 72.3 cm³/mol. The summed E-state index contributed by atoms with van der Waals surface area (Å²) in [6.07, 6.45) is 0. The Kier molecular flexibility index (Phi) is 3.05. The number of nitrogen functional groups attached to an aromatic ring is 1. The van der Waals surface area contributed by atoms with Crippen molar-refractivity contribution in [2.24, 2.45) is 0 Å². The molecule has 0 atom stereocenters. The molecule has 0 bridgehead atoms. The molecule has 2 aromatic carbocycles. The van der Waals surface area contributed by atoms with Crippen LogP contribution in [0.3, 0.4) is 0 Å². The van der Waals surface area contributed by atoms with Crippen LogP contribution in [0.25, 0.3) is 11.1 Å². The molecular weight excluding hydrogens is 210 g/mol. The summed E-state index contributed by atoms with van der Waals surface area (Å²) >= 11 is 0. The van der Waals surface area contributed by atoms with Gasteiger partial charge in [-0.3, -0.25) is 0 Å². The number of benzene rings is 2. The molecule has 0 aliphatic heterocycles. The van der Waals surface area contributed by atoms with Gasteiger partial charge < -0.3 is 10.5 Å². The molecule has 2 heteroatoms. The van der Waals surface area contributed by atoms with Gasteiger partial charge in [0.2, 0.25) is 0 Å². The third kappa shape index (κ3) is 2.41. The molecule has 0 aliphatic carbocycles. The monoisotopic (exact) mass is 227 g/mol. The lowest BCUT2D eigenvalue weighted by atomic mass is 9.98. The second-order valence-electron chi connectivity index (χ2n) is 4.31. The number of nitrogens with two attached hydrogens (primary N) is 1. The molecule has 0 spiro atoms. The lowest BCUT2D eigenvalue weighted by Gasteiger charge is -2.10. The normalized spacial score (nSPS) is 10.3. The number of ether oxygens (including phenoxy) is 1. The zero-order chi connectivity index (χ0) is 12.4. The Morgan fingerprint density at radius 2 is 1.76 bits per heavy atom. The summed E-state index contributed by atoms with van der Waals surface area (Å²) in [4.78, 5) is 0. The van der Waals surface area contributed by atoms with E-state index in [9.17, 15) is 0 Å². The molecule has 2 N–H and O–H groups in total. The van der Waals surface area contributed by atoms with E-state index in [1.807, 2.05) is 24.3 Å². The van der Waals surface area contributed by atoms with Crippen LogP contribution < -0.4 is 10.5 Å². The van der Waals surface area contributed by atoms with Crippen molar-refractivity contribution in [2.45, 2.75) is 13.8 Å². The average molecular weight is 227 g/mol. The van der Waals surface area contributed by atoms with Crippen molar-refractivity contribution in [1.29, 1.82) is 0 Å². The number of aryl methyl sites for hydroxylation is 2. The summed E-state index contributed by atoms with van der Waals surface area (Å²) in [7, 11) is 1.68. The minimum Gasteiger partial charge on any atom is -0.497 e. The molecule has 0 fully saturated rings. The number of hydrogen-bond donors (Lipinski definition) is 1. The van der Waals surface area contributed by atoms with Crippen molar-refractivity contribution < 1.29 is 4.74 Å². The maximum absolute atomic E-state index is 5.88. The fourth-order valence-corrected chi connectivity index (χ4v) is 2.06. The first-order valence-electron chi connectivity index (χ1n) is 5.62. The van der Waals surface area contributed by atoms with E-state index in [2.05, 4.69) is 26.0 Å². The summed E-state index contributed by atoms with van der Waals surface area (Å²) in [5.41, 5.74) is 11.4. The molecule has 88 valence electrons. The van der Waals surface area contributed by atoms with Gasteiger partial charge in [-0.25, -0.2) is 0 Å². The van der Waals surface area contributed by atoms with Crippen LogP contribution in [0.1, 0.15) is 11.1 Å².